The fourth-order valence-corrected chi connectivity index (χ4v) is 0.912. The van der Waals surface area contributed by atoms with Gasteiger partial charge in [-0.15, -0.1) is 0 Å². The Balaban J connectivity index is 2.69. The molecule has 0 bridgehead atoms. The summed E-state index contributed by atoms with van der Waals surface area (Å²) in [5, 5.41) is 9.33. The molecule has 0 aliphatic rings. The molecule has 0 radical (unpaired) electrons. The predicted octanol–water partition coefficient (Wildman–Crippen LogP) is 1.63. The third-order valence-corrected chi connectivity index (χ3v) is 1.59. The van der Waals surface area contributed by atoms with Crippen molar-refractivity contribution in [3.63, 3.8) is 0 Å². The van der Waals surface area contributed by atoms with Crippen molar-refractivity contribution in [2.75, 3.05) is 0 Å². The highest BCUT2D eigenvalue weighted by Gasteiger charge is 2.10. The van der Waals surface area contributed by atoms with Gasteiger partial charge in [0, 0.05) is 5.02 Å². The number of aliphatic hydroxyl groups excluding tert-OH is 1. The molecular weight excluding hydrogens is 192 g/mol. The van der Waals surface area contributed by atoms with Crippen molar-refractivity contribution in [3.05, 3.63) is 29.3 Å². The van der Waals surface area contributed by atoms with E-state index in [-0.39, 0.29) is 0 Å². The van der Waals surface area contributed by atoms with Crippen molar-refractivity contribution in [2.45, 2.75) is 13.0 Å². The van der Waals surface area contributed by atoms with Gasteiger partial charge in [0.2, 0.25) is 0 Å². The van der Waals surface area contributed by atoms with Gasteiger partial charge >= 0.3 is 5.97 Å². The molecule has 13 heavy (non-hydrogen) atoms. The van der Waals surface area contributed by atoms with Crippen LogP contribution >= 0.6 is 11.6 Å². The first-order valence-corrected chi connectivity index (χ1v) is 4.12. The summed E-state index contributed by atoms with van der Waals surface area (Å²) in [6, 6.07) is 6.42. The number of halogens is 1. The molecule has 0 aromatic heterocycles. The highest BCUT2D eigenvalue weighted by atomic mass is 35.5. The minimum absolute atomic E-state index is 0.332. The second-order valence-corrected chi connectivity index (χ2v) is 2.99. The van der Waals surface area contributed by atoms with E-state index in [4.69, 9.17) is 21.4 Å². The number of carbonyl (C=O) groups excluding carboxylic acids is 1. The number of benzene rings is 1. The smallest absolute Gasteiger partial charge is 0.340 e. The Labute approximate surface area is 80.9 Å². The van der Waals surface area contributed by atoms with Crippen molar-refractivity contribution in [1.82, 2.24) is 0 Å². The zero-order valence-corrected chi connectivity index (χ0v) is 7.78. The quantitative estimate of drug-likeness (QED) is 0.583. The molecule has 4 heteroatoms. The first kappa shape index (κ1) is 10.0. The van der Waals surface area contributed by atoms with Gasteiger partial charge in [-0.2, -0.15) is 0 Å². The van der Waals surface area contributed by atoms with E-state index in [2.05, 4.69) is 0 Å². The highest BCUT2D eigenvalue weighted by molar-refractivity contribution is 6.30. The minimum Gasteiger partial charge on any atom is -0.425 e. The van der Waals surface area contributed by atoms with Crippen LogP contribution < -0.4 is 4.74 Å². The second kappa shape index (κ2) is 4.25. The molecular formula is C9H9ClO3. The van der Waals surface area contributed by atoms with Gasteiger partial charge in [0.05, 0.1) is 0 Å². The van der Waals surface area contributed by atoms with Crippen LogP contribution in [-0.2, 0) is 4.79 Å². The van der Waals surface area contributed by atoms with Gasteiger partial charge in [0.15, 0.2) is 0 Å². The van der Waals surface area contributed by atoms with Gasteiger partial charge in [-0.05, 0) is 25.1 Å². The average molecular weight is 201 g/mol. The van der Waals surface area contributed by atoms with Crippen molar-refractivity contribution in [2.24, 2.45) is 0 Å². The summed E-state index contributed by atoms with van der Waals surface area (Å²) < 4.78 is 4.78. The van der Waals surface area contributed by atoms with Gasteiger partial charge in [-0.25, -0.2) is 4.79 Å². The summed E-state index contributed by atoms with van der Waals surface area (Å²) >= 11 is 5.65. The topological polar surface area (TPSA) is 46.5 Å². The van der Waals surface area contributed by atoms with E-state index < -0.39 is 12.1 Å². The second-order valence-electron chi connectivity index (χ2n) is 2.55. The van der Waals surface area contributed by atoms with Crippen molar-refractivity contribution in [3.8, 4) is 5.75 Å². The Bertz CT molecular complexity index is 309. The molecule has 1 rings (SSSR count). The number of carbonyl (C=O) groups is 1. The molecule has 1 unspecified atom stereocenters. The SMILES string of the molecule is CC(O)C(=O)Oc1cccc(Cl)c1. The number of rotatable bonds is 2. The van der Waals surface area contributed by atoms with Gasteiger partial charge < -0.3 is 9.84 Å². The van der Waals surface area contributed by atoms with E-state index in [1.54, 1.807) is 18.2 Å². The van der Waals surface area contributed by atoms with Gasteiger partial charge in [0.25, 0.3) is 0 Å². The highest BCUT2D eigenvalue weighted by Crippen LogP contribution is 2.17. The number of hydrogen-bond donors (Lipinski definition) is 1. The fraction of sp³-hybridized carbons (Fsp3) is 0.222. The molecule has 0 fully saturated rings. The van der Waals surface area contributed by atoms with Crippen molar-refractivity contribution in [1.29, 1.82) is 0 Å². The van der Waals surface area contributed by atoms with Crippen LogP contribution in [0.25, 0.3) is 0 Å². The van der Waals surface area contributed by atoms with Crippen LogP contribution in [0.5, 0.6) is 5.75 Å². The van der Waals surface area contributed by atoms with E-state index in [1.807, 2.05) is 0 Å². The summed E-state index contributed by atoms with van der Waals surface area (Å²) in [5.41, 5.74) is 0. The Kier molecular flexibility index (Phi) is 3.28. The molecule has 1 atom stereocenters. The molecule has 0 heterocycles. The van der Waals surface area contributed by atoms with Crippen LogP contribution in [0.4, 0.5) is 0 Å². The first-order valence-electron chi connectivity index (χ1n) is 3.75. The zero-order chi connectivity index (χ0) is 9.84. The van der Waals surface area contributed by atoms with E-state index in [1.165, 1.54) is 13.0 Å². The van der Waals surface area contributed by atoms with Gasteiger partial charge in [-0.3, -0.25) is 0 Å². The maximum Gasteiger partial charge on any atom is 0.340 e. The third kappa shape index (κ3) is 3.05. The molecule has 0 saturated heterocycles. The van der Waals surface area contributed by atoms with E-state index in [0.717, 1.165) is 0 Å². The lowest BCUT2D eigenvalue weighted by Gasteiger charge is -2.05. The lowest BCUT2D eigenvalue weighted by Crippen LogP contribution is -2.21. The summed E-state index contributed by atoms with van der Waals surface area (Å²) in [6.07, 6.45) is -1.13. The van der Waals surface area contributed by atoms with Gasteiger partial charge in [-0.1, -0.05) is 17.7 Å². The first-order chi connectivity index (χ1) is 6.09. The zero-order valence-electron chi connectivity index (χ0n) is 7.03. The van der Waals surface area contributed by atoms with Crippen LogP contribution in [0.15, 0.2) is 24.3 Å². The summed E-state index contributed by atoms with van der Waals surface area (Å²) in [7, 11) is 0. The maximum absolute atomic E-state index is 10.9. The van der Waals surface area contributed by atoms with Crippen molar-refractivity contribution >= 4 is 17.6 Å². The molecule has 0 amide bonds. The Morgan fingerprint density at radius 3 is 2.85 bits per heavy atom. The number of ether oxygens (including phenoxy) is 1. The lowest BCUT2D eigenvalue weighted by molar-refractivity contribution is -0.142. The molecule has 3 nitrogen and oxygen atoms in total. The molecule has 1 aromatic carbocycles. The molecule has 1 aromatic rings. The molecule has 0 aliphatic heterocycles. The Morgan fingerprint density at radius 1 is 1.62 bits per heavy atom. The minimum atomic E-state index is -1.13. The van der Waals surface area contributed by atoms with Crippen molar-refractivity contribution < 1.29 is 14.6 Å². The molecule has 1 N–H and O–H groups in total. The lowest BCUT2D eigenvalue weighted by atomic mass is 10.3. The summed E-state index contributed by atoms with van der Waals surface area (Å²) in [5.74, 6) is -0.360. The fourth-order valence-electron chi connectivity index (χ4n) is 0.732. The Hall–Kier alpha value is -1.06. The molecule has 0 aliphatic carbocycles. The summed E-state index contributed by atoms with van der Waals surface area (Å²) in [4.78, 5) is 10.9. The van der Waals surface area contributed by atoms with Crippen LogP contribution in [0.3, 0.4) is 0 Å². The Morgan fingerprint density at radius 2 is 2.31 bits per heavy atom. The average Bonchev–Trinajstić information content (AvgIpc) is 2.04. The normalized spacial score (nSPS) is 12.2. The monoisotopic (exact) mass is 200 g/mol. The standard InChI is InChI=1S/C9H9ClO3/c1-6(11)9(12)13-8-4-2-3-7(10)5-8/h2-6,11H,1H3. The number of aliphatic hydroxyl groups is 1. The van der Waals surface area contributed by atoms with Crippen LogP contribution in [0, 0.1) is 0 Å². The summed E-state index contributed by atoms with van der Waals surface area (Å²) in [6.45, 7) is 1.34. The maximum atomic E-state index is 10.9. The number of hydrogen-bond acceptors (Lipinski definition) is 3. The molecule has 70 valence electrons. The molecule has 0 spiro atoms. The van der Waals surface area contributed by atoms with Crippen LogP contribution in [0.1, 0.15) is 6.92 Å². The van der Waals surface area contributed by atoms with Crippen LogP contribution in [-0.4, -0.2) is 17.2 Å². The van der Waals surface area contributed by atoms with Crippen LogP contribution in [0.2, 0.25) is 5.02 Å². The number of esters is 1. The predicted molar refractivity (Wildman–Crippen MR) is 48.8 cm³/mol. The van der Waals surface area contributed by atoms with E-state index in [9.17, 15) is 4.79 Å². The van der Waals surface area contributed by atoms with E-state index >= 15 is 0 Å². The third-order valence-electron chi connectivity index (χ3n) is 1.36. The van der Waals surface area contributed by atoms with E-state index in [0.29, 0.717) is 10.8 Å². The van der Waals surface area contributed by atoms with Gasteiger partial charge in [0.1, 0.15) is 11.9 Å². The largest absolute Gasteiger partial charge is 0.425 e. The molecule has 0 saturated carbocycles.